The van der Waals surface area contributed by atoms with Crippen LogP contribution >= 0.6 is 23.1 Å². The Morgan fingerprint density at radius 3 is 2.90 bits per heavy atom. The number of hydrogen-bond acceptors (Lipinski definition) is 6. The molecule has 7 nitrogen and oxygen atoms in total. The van der Waals surface area contributed by atoms with Gasteiger partial charge in [-0.2, -0.15) is 5.26 Å². The van der Waals surface area contributed by atoms with Gasteiger partial charge in [0, 0.05) is 29.2 Å². The molecule has 0 atom stereocenters. The molecule has 148 valence electrons. The molecule has 1 aromatic carbocycles. The number of aryl methyl sites for hydroxylation is 1. The maximum atomic E-state index is 12.4. The van der Waals surface area contributed by atoms with E-state index in [1.54, 1.807) is 4.68 Å². The van der Waals surface area contributed by atoms with E-state index in [1.807, 2.05) is 30.3 Å². The highest BCUT2D eigenvalue weighted by Crippen LogP contribution is 2.37. The zero-order chi connectivity index (χ0) is 20.2. The summed E-state index contributed by atoms with van der Waals surface area (Å²) in [5.41, 5.74) is 2.01. The maximum absolute atomic E-state index is 12.4. The minimum Gasteiger partial charge on any atom is -0.317 e. The smallest absolute Gasteiger partial charge is 0.317 e. The Morgan fingerprint density at radius 1 is 1.31 bits per heavy atom. The summed E-state index contributed by atoms with van der Waals surface area (Å²) in [6.45, 7) is 0. The van der Waals surface area contributed by atoms with Crippen molar-refractivity contribution in [2.45, 2.75) is 37.1 Å². The standard InChI is InChI=1S/C20H18N4O3S2/c21-12-15-14-8-4-5-9-16(14)29-18(15)22-17(25)10-11-28-19-20(26)27-23-24(19)13-6-2-1-3-7-13/h1-3,6-7H,4-5,8-11H2,(H-,22,23,25,26)/p+1. The number of fused-ring (bicyclic) bond motifs is 1. The molecule has 0 bridgehead atoms. The number of carbonyl (C=O) groups is 1. The number of thiophene rings is 1. The number of nitrogens with one attached hydrogen (secondary N) is 2. The quantitative estimate of drug-likeness (QED) is 0.465. The molecule has 1 amide bonds. The summed E-state index contributed by atoms with van der Waals surface area (Å²) in [4.78, 5) is 25.6. The number of para-hydroxylation sites is 1. The van der Waals surface area contributed by atoms with Crippen LogP contribution in [0.25, 0.3) is 5.69 Å². The van der Waals surface area contributed by atoms with Gasteiger partial charge in [-0.1, -0.05) is 18.2 Å². The number of nitrogens with zero attached hydrogens (tertiary/aromatic N) is 2. The average molecular weight is 428 g/mol. The SMILES string of the molecule is N#Cc1c(NC(=O)CCSc2c(=O)o[nH][n+]2-c2ccccc2)sc2c1CCCC2. The number of nitriles is 1. The highest BCUT2D eigenvalue weighted by molar-refractivity contribution is 7.99. The number of thioether (sulfide) groups is 1. The minimum atomic E-state index is -0.475. The summed E-state index contributed by atoms with van der Waals surface area (Å²) in [7, 11) is 0. The van der Waals surface area contributed by atoms with Gasteiger partial charge in [-0.3, -0.25) is 9.32 Å². The minimum absolute atomic E-state index is 0.168. The lowest BCUT2D eigenvalue weighted by molar-refractivity contribution is -0.704. The van der Waals surface area contributed by atoms with E-state index in [-0.39, 0.29) is 12.3 Å². The molecule has 0 fully saturated rings. The first-order valence-electron chi connectivity index (χ1n) is 9.33. The topological polar surface area (TPSA) is 103 Å². The van der Waals surface area contributed by atoms with Gasteiger partial charge in [-0.15, -0.1) is 11.3 Å². The number of H-pyrrole nitrogens is 1. The normalized spacial score (nSPS) is 12.9. The monoisotopic (exact) mass is 427 g/mol. The summed E-state index contributed by atoms with van der Waals surface area (Å²) >= 11 is 2.77. The Bertz CT molecular complexity index is 1130. The number of benzene rings is 1. The van der Waals surface area contributed by atoms with Crippen LogP contribution in [0, 0.1) is 11.3 Å². The van der Waals surface area contributed by atoms with Gasteiger partial charge in [0.25, 0.3) is 0 Å². The van der Waals surface area contributed by atoms with Gasteiger partial charge in [0.15, 0.2) is 0 Å². The third-order valence-corrected chi connectivity index (χ3v) is 6.96. The number of aromatic nitrogens is 2. The summed E-state index contributed by atoms with van der Waals surface area (Å²) in [6.07, 6.45) is 4.32. The van der Waals surface area contributed by atoms with Crippen molar-refractivity contribution in [1.82, 2.24) is 5.27 Å². The van der Waals surface area contributed by atoms with Crippen molar-refractivity contribution in [3.63, 3.8) is 0 Å². The number of anilines is 1. The predicted molar refractivity (Wildman–Crippen MR) is 111 cm³/mol. The van der Waals surface area contributed by atoms with Gasteiger partial charge >= 0.3 is 10.7 Å². The molecular formula is C20H19N4O3S2+. The van der Waals surface area contributed by atoms with Gasteiger partial charge < -0.3 is 5.32 Å². The second kappa shape index (κ2) is 8.68. The van der Waals surface area contributed by atoms with Crippen LogP contribution in [0.5, 0.6) is 0 Å². The lowest BCUT2D eigenvalue weighted by Gasteiger charge is -2.09. The van der Waals surface area contributed by atoms with E-state index in [9.17, 15) is 14.9 Å². The van der Waals surface area contributed by atoms with Gasteiger partial charge in [0.2, 0.25) is 11.6 Å². The van der Waals surface area contributed by atoms with Crippen molar-refractivity contribution in [3.05, 3.63) is 56.8 Å². The van der Waals surface area contributed by atoms with Crippen LogP contribution in [0.1, 0.15) is 35.3 Å². The number of hydrogen-bond donors (Lipinski definition) is 2. The zero-order valence-electron chi connectivity index (χ0n) is 15.6. The van der Waals surface area contributed by atoms with E-state index in [0.717, 1.165) is 36.9 Å². The van der Waals surface area contributed by atoms with Crippen LogP contribution in [-0.2, 0) is 17.6 Å². The molecule has 2 heterocycles. The number of aromatic amines is 1. The van der Waals surface area contributed by atoms with Gasteiger partial charge in [-0.25, -0.2) is 4.79 Å². The average Bonchev–Trinajstić information content (AvgIpc) is 3.28. The molecule has 2 N–H and O–H groups in total. The molecule has 0 saturated carbocycles. The third kappa shape index (κ3) is 4.13. The Morgan fingerprint density at radius 2 is 2.10 bits per heavy atom. The molecule has 0 saturated heterocycles. The molecule has 1 aliphatic rings. The van der Waals surface area contributed by atoms with E-state index < -0.39 is 5.63 Å². The Balaban J connectivity index is 1.40. The van der Waals surface area contributed by atoms with Crippen molar-refractivity contribution in [3.8, 4) is 11.8 Å². The third-order valence-electron chi connectivity index (χ3n) is 4.73. The number of rotatable bonds is 6. The van der Waals surface area contributed by atoms with Gasteiger partial charge in [0.05, 0.1) is 5.56 Å². The first-order chi connectivity index (χ1) is 14.2. The molecule has 0 aliphatic heterocycles. The lowest BCUT2D eigenvalue weighted by atomic mass is 9.96. The Hall–Kier alpha value is -2.83. The van der Waals surface area contributed by atoms with E-state index in [1.165, 1.54) is 28.0 Å². The van der Waals surface area contributed by atoms with Crippen molar-refractivity contribution in [2.75, 3.05) is 11.1 Å². The number of carbonyl (C=O) groups excluding carboxylic acids is 1. The van der Waals surface area contributed by atoms with E-state index in [2.05, 4.69) is 16.7 Å². The molecule has 0 radical (unpaired) electrons. The predicted octanol–water partition coefficient (Wildman–Crippen LogP) is 3.18. The summed E-state index contributed by atoms with van der Waals surface area (Å²) in [5, 5.41) is 16.0. The first-order valence-corrected chi connectivity index (χ1v) is 11.1. The van der Waals surface area contributed by atoms with Crippen LogP contribution < -0.4 is 15.6 Å². The van der Waals surface area contributed by atoms with Gasteiger partial charge in [0.1, 0.15) is 11.1 Å². The van der Waals surface area contributed by atoms with Crippen LogP contribution in [0.15, 0.2) is 44.7 Å². The summed E-state index contributed by atoms with van der Waals surface area (Å²) in [6, 6.07) is 11.6. The van der Waals surface area contributed by atoms with Crippen molar-refractivity contribution in [2.24, 2.45) is 0 Å². The number of amides is 1. The molecular weight excluding hydrogens is 408 g/mol. The Kier molecular flexibility index (Phi) is 5.83. The molecule has 4 rings (SSSR count). The molecule has 0 unspecified atom stereocenters. The fourth-order valence-corrected chi connectivity index (χ4v) is 5.50. The fourth-order valence-electron chi connectivity index (χ4n) is 3.34. The summed E-state index contributed by atoms with van der Waals surface area (Å²) < 4.78 is 6.47. The van der Waals surface area contributed by atoms with Crippen LogP contribution in [-0.4, -0.2) is 16.9 Å². The molecule has 1 aliphatic carbocycles. The molecule has 2 aromatic heterocycles. The molecule has 0 spiro atoms. The van der Waals surface area contributed by atoms with Gasteiger partial charge in [-0.05, 0) is 53.0 Å². The molecule has 9 heteroatoms. The van der Waals surface area contributed by atoms with Crippen molar-refractivity contribution >= 4 is 34.0 Å². The lowest BCUT2D eigenvalue weighted by Crippen LogP contribution is -2.36. The highest BCUT2D eigenvalue weighted by Gasteiger charge is 2.25. The zero-order valence-corrected chi connectivity index (χ0v) is 17.2. The first kappa shape index (κ1) is 19.5. The molecule has 3 aromatic rings. The van der Waals surface area contributed by atoms with Crippen LogP contribution in [0.4, 0.5) is 5.00 Å². The van der Waals surface area contributed by atoms with Crippen molar-refractivity contribution in [1.29, 1.82) is 5.26 Å². The van der Waals surface area contributed by atoms with Crippen LogP contribution in [0.3, 0.4) is 0 Å². The van der Waals surface area contributed by atoms with Crippen molar-refractivity contribution < 1.29 is 14.0 Å². The second-order valence-corrected chi connectivity index (χ2v) is 8.82. The van der Waals surface area contributed by atoms with E-state index in [0.29, 0.717) is 21.3 Å². The highest BCUT2D eigenvalue weighted by atomic mass is 32.2. The second-order valence-electron chi connectivity index (χ2n) is 6.63. The fraction of sp³-hybridized carbons (Fsp3) is 0.300. The van der Waals surface area contributed by atoms with E-state index >= 15 is 0 Å². The largest absolute Gasteiger partial charge is 0.442 e. The maximum Gasteiger partial charge on any atom is 0.442 e. The van der Waals surface area contributed by atoms with Crippen LogP contribution in [0.2, 0.25) is 0 Å². The Labute approximate surface area is 175 Å². The summed E-state index contributed by atoms with van der Waals surface area (Å²) in [5.74, 6) is 0.243. The van der Waals surface area contributed by atoms with E-state index in [4.69, 9.17) is 4.52 Å². The molecule has 29 heavy (non-hydrogen) atoms.